The van der Waals surface area contributed by atoms with Crippen molar-refractivity contribution < 1.29 is 4.79 Å². The van der Waals surface area contributed by atoms with Gasteiger partial charge in [0.05, 0.1) is 6.54 Å². The quantitative estimate of drug-likeness (QED) is 0.821. The van der Waals surface area contributed by atoms with Gasteiger partial charge >= 0.3 is 5.69 Å². The van der Waals surface area contributed by atoms with E-state index >= 15 is 0 Å². The van der Waals surface area contributed by atoms with Gasteiger partial charge in [-0.25, -0.2) is 4.79 Å². The second kappa shape index (κ2) is 7.98. The van der Waals surface area contributed by atoms with Crippen LogP contribution in [0.15, 0.2) is 39.9 Å². The zero-order chi connectivity index (χ0) is 19.6. The third kappa shape index (κ3) is 4.40. The molecule has 144 valence electrons. The van der Waals surface area contributed by atoms with Crippen molar-refractivity contribution in [2.24, 2.45) is 14.1 Å². The molecule has 1 N–H and O–H groups in total. The highest BCUT2D eigenvalue weighted by molar-refractivity contribution is 6.30. The maximum Gasteiger partial charge on any atom is 0.332 e. The minimum absolute atomic E-state index is 0.0910. The topological polar surface area (TPSA) is 79.6 Å². The maximum absolute atomic E-state index is 12.2. The molecule has 1 aromatic heterocycles. The van der Waals surface area contributed by atoms with Crippen LogP contribution in [0.1, 0.15) is 0 Å². The molecule has 0 atom stereocenters. The lowest BCUT2D eigenvalue weighted by Crippen LogP contribution is -2.50. The van der Waals surface area contributed by atoms with Gasteiger partial charge in [0.1, 0.15) is 5.82 Å². The second-order valence-electron chi connectivity index (χ2n) is 6.56. The molecule has 2 aromatic rings. The van der Waals surface area contributed by atoms with Gasteiger partial charge in [0.25, 0.3) is 5.56 Å². The number of hydrogen-bond donors (Lipinski definition) is 1. The van der Waals surface area contributed by atoms with Crippen LogP contribution < -0.4 is 21.5 Å². The SMILES string of the molecule is Cn1c(N2CCN(CC(=O)Nc3ccc(Cl)cc3)CC2)cc(=O)n(C)c1=O. The number of halogens is 1. The molecule has 1 saturated heterocycles. The summed E-state index contributed by atoms with van der Waals surface area (Å²) < 4.78 is 2.56. The number of nitrogens with zero attached hydrogens (tertiary/aromatic N) is 4. The Morgan fingerprint density at radius 1 is 1.04 bits per heavy atom. The van der Waals surface area contributed by atoms with Gasteiger partial charge in [-0.15, -0.1) is 0 Å². The van der Waals surface area contributed by atoms with Crippen molar-refractivity contribution in [2.75, 3.05) is 42.9 Å². The lowest BCUT2D eigenvalue weighted by molar-refractivity contribution is -0.117. The maximum atomic E-state index is 12.2. The Morgan fingerprint density at radius 3 is 2.30 bits per heavy atom. The number of amides is 1. The van der Waals surface area contributed by atoms with Gasteiger partial charge in [-0.1, -0.05) is 11.6 Å². The van der Waals surface area contributed by atoms with E-state index in [-0.39, 0.29) is 23.7 Å². The summed E-state index contributed by atoms with van der Waals surface area (Å²) in [5.41, 5.74) is 0.0401. The van der Waals surface area contributed by atoms with Gasteiger partial charge in [0, 0.05) is 57.1 Å². The van der Waals surface area contributed by atoms with E-state index in [0.717, 1.165) is 4.57 Å². The van der Waals surface area contributed by atoms with Gasteiger partial charge in [0.15, 0.2) is 0 Å². The number of nitrogens with one attached hydrogen (secondary N) is 1. The van der Waals surface area contributed by atoms with Crippen molar-refractivity contribution in [1.82, 2.24) is 14.0 Å². The molecule has 1 aromatic carbocycles. The molecule has 3 rings (SSSR count). The summed E-state index contributed by atoms with van der Waals surface area (Å²) in [6.45, 7) is 2.88. The van der Waals surface area contributed by atoms with Crippen molar-refractivity contribution in [3.05, 3.63) is 56.2 Å². The first-order valence-electron chi connectivity index (χ1n) is 8.65. The number of piperazine rings is 1. The summed E-state index contributed by atoms with van der Waals surface area (Å²) in [5, 5.41) is 3.47. The van der Waals surface area contributed by atoms with Crippen molar-refractivity contribution in [3.63, 3.8) is 0 Å². The first kappa shape index (κ1) is 19.2. The van der Waals surface area contributed by atoms with Crippen LogP contribution in [0.3, 0.4) is 0 Å². The highest BCUT2D eigenvalue weighted by Gasteiger charge is 2.21. The molecular formula is C18H22ClN5O3. The first-order valence-corrected chi connectivity index (χ1v) is 9.03. The molecule has 0 bridgehead atoms. The molecule has 8 nitrogen and oxygen atoms in total. The van der Waals surface area contributed by atoms with Crippen LogP contribution in [-0.2, 0) is 18.9 Å². The van der Waals surface area contributed by atoms with E-state index in [1.54, 1.807) is 31.3 Å². The fraction of sp³-hybridized carbons (Fsp3) is 0.389. The molecule has 0 radical (unpaired) electrons. The number of carbonyl (C=O) groups excluding carboxylic acids is 1. The Kier molecular flexibility index (Phi) is 5.67. The standard InChI is InChI=1S/C18H22ClN5O3/c1-21-16(11-17(26)22(2)18(21)27)24-9-7-23(8-10-24)12-15(25)20-14-5-3-13(19)4-6-14/h3-6,11H,7-10,12H2,1-2H3,(H,20,25). The van der Waals surface area contributed by atoms with Gasteiger partial charge in [-0.05, 0) is 24.3 Å². The number of rotatable bonds is 4. The van der Waals surface area contributed by atoms with Crippen LogP contribution in [0, 0.1) is 0 Å². The molecule has 1 aliphatic rings. The highest BCUT2D eigenvalue weighted by Crippen LogP contribution is 2.14. The zero-order valence-corrected chi connectivity index (χ0v) is 16.1. The normalized spacial score (nSPS) is 15.0. The summed E-state index contributed by atoms with van der Waals surface area (Å²) >= 11 is 5.84. The molecule has 0 saturated carbocycles. The molecule has 0 spiro atoms. The Morgan fingerprint density at radius 2 is 1.67 bits per heavy atom. The number of carbonyl (C=O) groups is 1. The van der Waals surface area contributed by atoms with Crippen molar-refractivity contribution in [3.8, 4) is 0 Å². The summed E-state index contributed by atoms with van der Waals surface area (Å²) in [6.07, 6.45) is 0. The first-order chi connectivity index (χ1) is 12.8. The van der Waals surface area contributed by atoms with Crippen molar-refractivity contribution in [2.45, 2.75) is 0 Å². The van der Waals surface area contributed by atoms with Crippen molar-refractivity contribution >= 4 is 29.0 Å². The van der Waals surface area contributed by atoms with Gasteiger partial charge in [-0.3, -0.25) is 23.6 Å². The molecule has 9 heteroatoms. The van der Waals surface area contributed by atoms with E-state index < -0.39 is 0 Å². The molecule has 1 fully saturated rings. The fourth-order valence-electron chi connectivity index (χ4n) is 3.10. The van der Waals surface area contributed by atoms with E-state index in [4.69, 9.17) is 11.6 Å². The number of anilines is 2. The number of hydrogen-bond acceptors (Lipinski definition) is 5. The minimum Gasteiger partial charge on any atom is -0.355 e. The predicted molar refractivity (Wildman–Crippen MR) is 106 cm³/mol. The Bertz CT molecular complexity index is 943. The van der Waals surface area contributed by atoms with E-state index in [9.17, 15) is 14.4 Å². The van der Waals surface area contributed by atoms with Crippen LogP contribution in [0.5, 0.6) is 0 Å². The molecule has 27 heavy (non-hydrogen) atoms. The van der Waals surface area contributed by atoms with Gasteiger partial charge in [-0.2, -0.15) is 0 Å². The Labute approximate surface area is 161 Å². The van der Waals surface area contributed by atoms with Crippen LogP contribution in [-0.4, -0.2) is 52.7 Å². The predicted octanol–water partition coefficient (Wildman–Crippen LogP) is 0.498. The highest BCUT2D eigenvalue weighted by atomic mass is 35.5. The molecular weight excluding hydrogens is 370 g/mol. The van der Waals surface area contributed by atoms with E-state index in [1.807, 2.05) is 9.80 Å². The summed E-state index contributed by atoms with van der Waals surface area (Å²) in [7, 11) is 3.12. The Balaban J connectivity index is 1.58. The summed E-state index contributed by atoms with van der Waals surface area (Å²) in [6, 6.07) is 8.45. The largest absolute Gasteiger partial charge is 0.355 e. The smallest absolute Gasteiger partial charge is 0.332 e. The third-order valence-corrected chi connectivity index (χ3v) is 4.94. The summed E-state index contributed by atoms with van der Waals surface area (Å²) in [4.78, 5) is 40.2. The number of aromatic nitrogens is 2. The molecule has 1 amide bonds. The third-order valence-electron chi connectivity index (χ3n) is 4.69. The second-order valence-corrected chi connectivity index (χ2v) is 7.00. The average Bonchev–Trinajstić information content (AvgIpc) is 2.65. The van der Waals surface area contributed by atoms with Crippen molar-refractivity contribution in [1.29, 1.82) is 0 Å². The molecule has 1 aliphatic heterocycles. The molecule has 2 heterocycles. The summed E-state index contributed by atoms with van der Waals surface area (Å²) in [5.74, 6) is 0.514. The molecule has 0 unspecified atom stereocenters. The lowest BCUT2D eigenvalue weighted by atomic mass is 10.3. The van der Waals surface area contributed by atoms with E-state index in [2.05, 4.69) is 5.32 Å². The van der Waals surface area contributed by atoms with Crippen LogP contribution >= 0.6 is 11.6 Å². The van der Waals surface area contributed by atoms with E-state index in [1.165, 1.54) is 17.7 Å². The zero-order valence-electron chi connectivity index (χ0n) is 15.3. The minimum atomic E-state index is -0.345. The average molecular weight is 392 g/mol. The van der Waals surface area contributed by atoms with E-state index in [0.29, 0.717) is 42.7 Å². The van der Waals surface area contributed by atoms with Crippen LogP contribution in [0.25, 0.3) is 0 Å². The lowest BCUT2D eigenvalue weighted by Gasteiger charge is -2.36. The van der Waals surface area contributed by atoms with Crippen LogP contribution in [0.4, 0.5) is 11.5 Å². The number of benzene rings is 1. The fourth-order valence-corrected chi connectivity index (χ4v) is 3.22. The molecule has 0 aliphatic carbocycles. The monoisotopic (exact) mass is 391 g/mol. The van der Waals surface area contributed by atoms with Gasteiger partial charge < -0.3 is 10.2 Å². The van der Waals surface area contributed by atoms with Crippen LogP contribution in [0.2, 0.25) is 5.02 Å². The Hall–Kier alpha value is -2.58. The van der Waals surface area contributed by atoms with Gasteiger partial charge in [0.2, 0.25) is 5.91 Å².